The molecule has 0 fully saturated rings. The number of rotatable bonds is 5. The molecule has 0 unspecified atom stereocenters. The molecule has 0 radical (unpaired) electrons. The lowest BCUT2D eigenvalue weighted by molar-refractivity contribution is -0.124. The van der Waals surface area contributed by atoms with Crippen molar-refractivity contribution in [3.8, 4) is 0 Å². The molecule has 0 saturated heterocycles. The molecule has 6 heteroatoms. The SMILES string of the molecule is C[C@H](CS)C(=O)N[C@@H](B(O)O)c1ccccc1. The Morgan fingerprint density at radius 2 is 2.00 bits per heavy atom. The highest BCUT2D eigenvalue weighted by Crippen LogP contribution is 2.14. The van der Waals surface area contributed by atoms with Crippen LogP contribution in [0.5, 0.6) is 0 Å². The predicted molar refractivity (Wildman–Crippen MR) is 70.5 cm³/mol. The highest BCUT2D eigenvalue weighted by molar-refractivity contribution is 7.80. The molecule has 3 N–H and O–H groups in total. The van der Waals surface area contributed by atoms with Gasteiger partial charge in [0.05, 0.1) is 5.94 Å². The van der Waals surface area contributed by atoms with Crippen molar-refractivity contribution >= 4 is 25.7 Å². The van der Waals surface area contributed by atoms with Crippen molar-refractivity contribution < 1.29 is 14.8 Å². The van der Waals surface area contributed by atoms with Gasteiger partial charge in [-0.1, -0.05) is 37.3 Å². The van der Waals surface area contributed by atoms with Gasteiger partial charge in [0.25, 0.3) is 0 Å². The van der Waals surface area contributed by atoms with Gasteiger partial charge in [0, 0.05) is 11.7 Å². The van der Waals surface area contributed by atoms with Gasteiger partial charge in [-0.05, 0) is 5.56 Å². The minimum absolute atomic E-state index is 0.248. The Balaban J connectivity index is 2.78. The zero-order valence-electron chi connectivity index (χ0n) is 9.58. The van der Waals surface area contributed by atoms with Gasteiger partial charge in [0.1, 0.15) is 0 Å². The van der Waals surface area contributed by atoms with Crippen LogP contribution in [0.4, 0.5) is 0 Å². The summed E-state index contributed by atoms with van der Waals surface area (Å²) < 4.78 is 0. The maximum atomic E-state index is 11.7. The number of hydrogen-bond acceptors (Lipinski definition) is 4. The van der Waals surface area contributed by atoms with Gasteiger partial charge in [-0.2, -0.15) is 12.6 Å². The summed E-state index contributed by atoms with van der Waals surface area (Å²) in [7, 11) is -1.63. The summed E-state index contributed by atoms with van der Waals surface area (Å²) in [6, 6.07) is 8.84. The Morgan fingerprint density at radius 1 is 1.41 bits per heavy atom. The van der Waals surface area contributed by atoms with Gasteiger partial charge in [0.2, 0.25) is 5.91 Å². The summed E-state index contributed by atoms with van der Waals surface area (Å²) in [6.45, 7) is 1.73. The zero-order chi connectivity index (χ0) is 12.8. The van der Waals surface area contributed by atoms with Crippen LogP contribution in [0.2, 0.25) is 0 Å². The Hall–Kier alpha value is -0.975. The van der Waals surface area contributed by atoms with Crippen LogP contribution in [0.15, 0.2) is 30.3 Å². The largest absolute Gasteiger partial charge is 0.480 e. The van der Waals surface area contributed by atoms with Crippen LogP contribution >= 0.6 is 12.6 Å². The Labute approximate surface area is 107 Å². The number of carbonyl (C=O) groups is 1. The van der Waals surface area contributed by atoms with E-state index in [9.17, 15) is 14.8 Å². The Morgan fingerprint density at radius 3 is 2.47 bits per heavy atom. The lowest BCUT2D eigenvalue weighted by atomic mass is 9.75. The molecule has 0 heterocycles. The Bertz CT molecular complexity index is 361. The summed E-state index contributed by atoms with van der Waals surface area (Å²) in [6.07, 6.45) is 0. The van der Waals surface area contributed by atoms with Crippen molar-refractivity contribution in [2.75, 3.05) is 5.75 Å². The van der Waals surface area contributed by atoms with E-state index in [1.165, 1.54) is 0 Å². The first-order valence-electron chi connectivity index (χ1n) is 5.38. The van der Waals surface area contributed by atoms with E-state index in [0.29, 0.717) is 11.3 Å². The molecular weight excluding hydrogens is 237 g/mol. The van der Waals surface area contributed by atoms with E-state index in [0.717, 1.165) is 0 Å². The molecular formula is C11H16BNO3S. The molecule has 1 aromatic carbocycles. The average molecular weight is 253 g/mol. The molecule has 1 aromatic rings. The lowest BCUT2D eigenvalue weighted by Gasteiger charge is -2.20. The minimum atomic E-state index is -1.63. The van der Waals surface area contributed by atoms with E-state index in [1.54, 1.807) is 31.2 Å². The molecule has 0 aliphatic carbocycles. The number of amides is 1. The van der Waals surface area contributed by atoms with Crippen molar-refractivity contribution in [1.29, 1.82) is 0 Å². The molecule has 17 heavy (non-hydrogen) atoms. The topological polar surface area (TPSA) is 69.6 Å². The lowest BCUT2D eigenvalue weighted by Crippen LogP contribution is -2.41. The second kappa shape index (κ2) is 6.69. The van der Waals surface area contributed by atoms with Crippen LogP contribution in [-0.4, -0.2) is 28.8 Å². The van der Waals surface area contributed by atoms with Gasteiger partial charge >= 0.3 is 7.12 Å². The third kappa shape index (κ3) is 4.07. The van der Waals surface area contributed by atoms with Crippen molar-refractivity contribution in [1.82, 2.24) is 5.32 Å². The second-order valence-corrected chi connectivity index (χ2v) is 4.26. The fourth-order valence-corrected chi connectivity index (χ4v) is 1.53. The minimum Gasteiger partial charge on any atom is -0.426 e. The van der Waals surface area contributed by atoms with Gasteiger partial charge in [-0.15, -0.1) is 0 Å². The van der Waals surface area contributed by atoms with Gasteiger partial charge in [0.15, 0.2) is 0 Å². The first-order valence-corrected chi connectivity index (χ1v) is 6.01. The van der Waals surface area contributed by atoms with E-state index >= 15 is 0 Å². The molecule has 2 atom stereocenters. The molecule has 92 valence electrons. The number of thiol groups is 1. The summed E-state index contributed by atoms with van der Waals surface area (Å²) in [4.78, 5) is 11.7. The van der Waals surface area contributed by atoms with Gasteiger partial charge < -0.3 is 15.4 Å². The van der Waals surface area contributed by atoms with Crippen LogP contribution in [-0.2, 0) is 4.79 Å². The standard InChI is InChI=1S/C11H16BNO3S/c1-8(7-17)11(14)13-10(12(15)16)9-5-3-2-4-6-9/h2-6,8,10,15-17H,7H2,1H3,(H,13,14)/t8-,10-/m1/s1. The molecule has 0 saturated carbocycles. The maximum Gasteiger partial charge on any atom is 0.480 e. The average Bonchev–Trinajstić information content (AvgIpc) is 2.35. The van der Waals surface area contributed by atoms with E-state index in [2.05, 4.69) is 17.9 Å². The molecule has 4 nitrogen and oxygen atoms in total. The van der Waals surface area contributed by atoms with Gasteiger partial charge in [-0.3, -0.25) is 4.79 Å². The molecule has 1 amide bonds. The number of carbonyl (C=O) groups excluding carboxylic acids is 1. The fourth-order valence-electron chi connectivity index (χ4n) is 1.37. The van der Waals surface area contributed by atoms with Crippen molar-refractivity contribution in [2.24, 2.45) is 5.92 Å². The molecule has 0 aliphatic heterocycles. The summed E-state index contributed by atoms with van der Waals surface area (Å²) in [5, 5.41) is 21.2. The van der Waals surface area contributed by atoms with Crippen LogP contribution < -0.4 is 5.32 Å². The smallest absolute Gasteiger partial charge is 0.426 e. The first kappa shape index (κ1) is 14.1. The second-order valence-electron chi connectivity index (χ2n) is 3.89. The molecule has 0 spiro atoms. The third-order valence-electron chi connectivity index (χ3n) is 2.48. The molecule has 0 aromatic heterocycles. The first-order chi connectivity index (χ1) is 8.06. The number of benzene rings is 1. The van der Waals surface area contributed by atoms with Gasteiger partial charge in [-0.25, -0.2) is 0 Å². The normalized spacial score (nSPS) is 13.9. The van der Waals surface area contributed by atoms with E-state index < -0.39 is 13.1 Å². The molecule has 0 bridgehead atoms. The highest BCUT2D eigenvalue weighted by Gasteiger charge is 2.28. The van der Waals surface area contributed by atoms with Crippen LogP contribution in [0.3, 0.4) is 0 Å². The maximum absolute atomic E-state index is 11.7. The zero-order valence-corrected chi connectivity index (χ0v) is 10.5. The van der Waals surface area contributed by atoms with Crippen molar-refractivity contribution in [2.45, 2.75) is 12.9 Å². The quantitative estimate of drug-likeness (QED) is 0.454. The third-order valence-corrected chi connectivity index (χ3v) is 3.02. The highest BCUT2D eigenvalue weighted by atomic mass is 32.1. The fraction of sp³-hybridized carbons (Fsp3) is 0.364. The number of nitrogens with one attached hydrogen (secondary N) is 1. The van der Waals surface area contributed by atoms with Crippen molar-refractivity contribution in [3.63, 3.8) is 0 Å². The van der Waals surface area contributed by atoms with Crippen molar-refractivity contribution in [3.05, 3.63) is 35.9 Å². The predicted octanol–water partition coefficient (Wildman–Crippen LogP) is 0.422. The summed E-state index contributed by atoms with van der Waals surface area (Å²) in [5.41, 5.74) is 0.655. The van der Waals surface area contributed by atoms with E-state index in [4.69, 9.17) is 0 Å². The van der Waals surface area contributed by atoms with E-state index in [1.807, 2.05) is 6.07 Å². The van der Waals surface area contributed by atoms with Crippen LogP contribution in [0.1, 0.15) is 18.4 Å². The monoisotopic (exact) mass is 253 g/mol. The van der Waals surface area contributed by atoms with Crippen LogP contribution in [0, 0.1) is 5.92 Å². The van der Waals surface area contributed by atoms with Crippen LogP contribution in [0.25, 0.3) is 0 Å². The Kier molecular flexibility index (Phi) is 5.54. The number of hydrogen-bond donors (Lipinski definition) is 4. The molecule has 1 rings (SSSR count). The van der Waals surface area contributed by atoms with E-state index in [-0.39, 0.29) is 11.8 Å². The molecule has 0 aliphatic rings. The summed E-state index contributed by atoms with van der Waals surface area (Å²) in [5.74, 6) is -0.925. The summed E-state index contributed by atoms with van der Waals surface area (Å²) >= 11 is 4.03.